The van der Waals surface area contributed by atoms with Gasteiger partial charge in [0.05, 0.1) is 29.6 Å². The van der Waals surface area contributed by atoms with E-state index in [-0.39, 0.29) is 11.6 Å². The summed E-state index contributed by atoms with van der Waals surface area (Å²) in [6.45, 7) is 2.64. The number of tetrazole rings is 1. The number of nitrogens with zero attached hydrogens (tertiary/aromatic N) is 6. The summed E-state index contributed by atoms with van der Waals surface area (Å²) in [5.41, 5.74) is 6.06. The molecular formula is C35H37N7O2. The molecule has 9 nitrogen and oxygen atoms in total. The van der Waals surface area contributed by atoms with E-state index in [2.05, 4.69) is 88.2 Å². The third kappa shape index (κ3) is 4.57. The molecule has 5 atom stereocenters. The summed E-state index contributed by atoms with van der Waals surface area (Å²) < 4.78 is 1.89. The second kappa shape index (κ2) is 11.1. The van der Waals surface area contributed by atoms with Crippen molar-refractivity contribution in [1.82, 2.24) is 35.2 Å². The van der Waals surface area contributed by atoms with Crippen LogP contribution in [0.1, 0.15) is 62.0 Å². The number of fused-ring (bicyclic) bond motifs is 6. The molecule has 3 heterocycles. The number of benzene rings is 3. The Balaban J connectivity index is 1.14. The summed E-state index contributed by atoms with van der Waals surface area (Å²) in [5.74, 6) is 3.36. The molecule has 2 bridgehead atoms. The average molecular weight is 588 g/mol. The molecule has 3 aromatic carbocycles. The van der Waals surface area contributed by atoms with Crippen molar-refractivity contribution in [3.05, 3.63) is 94.0 Å². The van der Waals surface area contributed by atoms with Gasteiger partial charge in [-0.2, -0.15) is 5.06 Å². The quantitative estimate of drug-likeness (QED) is 0.239. The maximum Gasteiger partial charge on any atom is 0.261 e. The third-order valence-corrected chi connectivity index (χ3v) is 10.2. The minimum Gasteiger partial charge on any atom is -0.295 e. The standard InChI is InChI=1S/C35H37N7O2/c1-3-4-9-30-36-29-17-16-24(32-31-23-14-15-25(18-23)33(31)44-41(32)2)19-28(29)35(43)42(30)20-21-10-12-22(13-11-21)26-7-5-6-8-27(26)34-37-39-40-38-34/h5-8,10-13,16-17,19,23,25,31-33H,3-4,9,14-15,18,20H2,1-2H3,(H,37,38,39,40)/t23?,25?,31-,32-,33-/m1/s1. The van der Waals surface area contributed by atoms with Crippen LogP contribution in [0.15, 0.2) is 71.5 Å². The molecule has 2 unspecified atom stereocenters. The van der Waals surface area contributed by atoms with Gasteiger partial charge in [0, 0.05) is 24.9 Å². The Morgan fingerprint density at radius 3 is 2.61 bits per heavy atom. The second-order valence-electron chi connectivity index (χ2n) is 12.8. The van der Waals surface area contributed by atoms with Crippen LogP contribution >= 0.6 is 0 Å². The van der Waals surface area contributed by atoms with Crippen molar-refractivity contribution in [2.75, 3.05) is 7.05 Å². The fraction of sp³-hybridized carbons (Fsp3) is 0.400. The number of aromatic amines is 1. The monoisotopic (exact) mass is 587 g/mol. The van der Waals surface area contributed by atoms with Crippen LogP contribution in [0.4, 0.5) is 0 Å². The zero-order chi connectivity index (χ0) is 29.8. The first kappa shape index (κ1) is 27.3. The Kier molecular flexibility index (Phi) is 6.87. The van der Waals surface area contributed by atoms with Gasteiger partial charge in [-0.3, -0.25) is 14.2 Å². The average Bonchev–Trinajstić information content (AvgIpc) is 3.86. The summed E-state index contributed by atoms with van der Waals surface area (Å²) >= 11 is 0. The normalized spacial score (nSPS) is 24.4. The Labute approximate surface area is 256 Å². The molecule has 44 heavy (non-hydrogen) atoms. The third-order valence-electron chi connectivity index (χ3n) is 10.2. The zero-order valence-corrected chi connectivity index (χ0v) is 25.2. The van der Waals surface area contributed by atoms with Crippen LogP contribution in [0.2, 0.25) is 0 Å². The molecule has 2 saturated carbocycles. The van der Waals surface area contributed by atoms with Crippen LogP contribution in [0.25, 0.3) is 33.4 Å². The molecule has 5 aromatic rings. The van der Waals surface area contributed by atoms with Gasteiger partial charge in [-0.25, -0.2) is 10.1 Å². The summed E-state index contributed by atoms with van der Waals surface area (Å²) in [4.78, 5) is 25.7. The van der Waals surface area contributed by atoms with Crippen LogP contribution in [-0.4, -0.2) is 48.4 Å². The molecule has 3 fully saturated rings. The van der Waals surface area contributed by atoms with Crippen molar-refractivity contribution in [2.45, 2.75) is 64.1 Å². The number of nitrogens with one attached hydrogen (secondary N) is 1. The fourth-order valence-electron chi connectivity index (χ4n) is 8.15. The molecule has 3 aliphatic rings. The van der Waals surface area contributed by atoms with Crippen LogP contribution in [0.5, 0.6) is 0 Å². The molecule has 1 N–H and O–H groups in total. The number of aryl methyl sites for hydroxylation is 1. The van der Waals surface area contributed by atoms with Crippen LogP contribution in [0, 0.1) is 17.8 Å². The lowest BCUT2D eigenvalue weighted by Gasteiger charge is -2.27. The number of aromatic nitrogens is 6. The second-order valence-corrected chi connectivity index (χ2v) is 12.8. The Morgan fingerprint density at radius 2 is 1.82 bits per heavy atom. The maximum absolute atomic E-state index is 14.2. The number of hydrogen-bond donors (Lipinski definition) is 1. The number of H-pyrrole nitrogens is 1. The lowest BCUT2D eigenvalue weighted by Crippen LogP contribution is -2.28. The molecular weight excluding hydrogens is 550 g/mol. The van der Waals surface area contributed by atoms with Crippen molar-refractivity contribution in [2.24, 2.45) is 17.8 Å². The Hall–Kier alpha value is -4.21. The van der Waals surface area contributed by atoms with Gasteiger partial charge in [-0.05, 0) is 82.3 Å². The van der Waals surface area contributed by atoms with Gasteiger partial charge in [0.2, 0.25) is 0 Å². The molecule has 9 heteroatoms. The Bertz CT molecular complexity index is 1870. The molecule has 1 saturated heterocycles. The first-order chi connectivity index (χ1) is 21.6. The van der Waals surface area contributed by atoms with Gasteiger partial charge in [-0.1, -0.05) is 67.9 Å². The summed E-state index contributed by atoms with van der Waals surface area (Å²) in [5, 5.41) is 17.2. The highest BCUT2D eigenvalue weighted by atomic mass is 16.7. The highest BCUT2D eigenvalue weighted by Crippen LogP contribution is 2.58. The summed E-state index contributed by atoms with van der Waals surface area (Å²) in [6, 6.07) is 23.0. The number of hydroxylamine groups is 2. The molecule has 0 radical (unpaired) electrons. The summed E-state index contributed by atoms with van der Waals surface area (Å²) in [7, 11) is 2.06. The van der Waals surface area contributed by atoms with Gasteiger partial charge >= 0.3 is 0 Å². The van der Waals surface area contributed by atoms with E-state index in [1.54, 1.807) is 0 Å². The number of rotatable bonds is 8. The maximum atomic E-state index is 14.2. The van der Waals surface area contributed by atoms with Crippen LogP contribution in [0.3, 0.4) is 0 Å². The van der Waals surface area contributed by atoms with Gasteiger partial charge < -0.3 is 0 Å². The van der Waals surface area contributed by atoms with Crippen molar-refractivity contribution in [3.63, 3.8) is 0 Å². The SMILES string of the molecule is CCCCc1nc2ccc([C@@H]3[C@H]4C5CCC(C5)[C@H]4ON3C)cc2c(=O)n1Cc1ccc(-c2ccccc2-c2nnn[nH]2)cc1. The summed E-state index contributed by atoms with van der Waals surface area (Å²) in [6.07, 6.45) is 6.97. The van der Waals surface area contributed by atoms with Gasteiger partial charge in [0.1, 0.15) is 5.82 Å². The van der Waals surface area contributed by atoms with Crippen molar-refractivity contribution in [1.29, 1.82) is 0 Å². The van der Waals surface area contributed by atoms with Gasteiger partial charge in [0.25, 0.3) is 5.56 Å². The predicted molar refractivity (Wildman–Crippen MR) is 168 cm³/mol. The van der Waals surface area contributed by atoms with E-state index < -0.39 is 0 Å². The highest BCUT2D eigenvalue weighted by molar-refractivity contribution is 5.80. The van der Waals surface area contributed by atoms with E-state index in [9.17, 15) is 4.79 Å². The molecule has 0 amide bonds. The van der Waals surface area contributed by atoms with Crippen LogP contribution < -0.4 is 5.56 Å². The van der Waals surface area contributed by atoms with Crippen molar-refractivity contribution in [3.8, 4) is 22.5 Å². The van der Waals surface area contributed by atoms with E-state index in [0.717, 1.165) is 58.4 Å². The first-order valence-corrected chi connectivity index (χ1v) is 15.9. The first-order valence-electron chi connectivity index (χ1n) is 15.9. The van der Waals surface area contributed by atoms with Crippen LogP contribution in [-0.2, 0) is 17.8 Å². The minimum absolute atomic E-state index is 0.0289. The molecule has 8 rings (SSSR count). The Morgan fingerprint density at radius 1 is 1.00 bits per heavy atom. The van der Waals surface area contributed by atoms with Crippen molar-refractivity contribution >= 4 is 10.9 Å². The van der Waals surface area contributed by atoms with Gasteiger partial charge in [0.15, 0.2) is 5.82 Å². The largest absolute Gasteiger partial charge is 0.295 e. The van der Waals surface area contributed by atoms with E-state index in [0.29, 0.717) is 41.6 Å². The van der Waals surface area contributed by atoms with Gasteiger partial charge in [-0.15, -0.1) is 5.10 Å². The van der Waals surface area contributed by atoms with Crippen molar-refractivity contribution < 1.29 is 4.84 Å². The van der Waals surface area contributed by atoms with E-state index in [1.807, 2.05) is 22.8 Å². The topological polar surface area (TPSA) is 102 Å². The number of unbranched alkanes of at least 4 members (excludes halogenated alkanes) is 1. The zero-order valence-electron chi connectivity index (χ0n) is 25.2. The molecule has 2 aromatic heterocycles. The van der Waals surface area contributed by atoms with E-state index >= 15 is 0 Å². The number of hydrogen-bond acceptors (Lipinski definition) is 7. The van der Waals surface area contributed by atoms with E-state index in [1.165, 1.54) is 19.3 Å². The lowest BCUT2D eigenvalue weighted by atomic mass is 9.79. The minimum atomic E-state index is 0.0289. The molecule has 0 spiro atoms. The molecule has 224 valence electrons. The fourth-order valence-corrected chi connectivity index (χ4v) is 8.15. The highest BCUT2D eigenvalue weighted by Gasteiger charge is 2.57. The lowest BCUT2D eigenvalue weighted by molar-refractivity contribution is -0.156. The molecule has 2 aliphatic carbocycles. The predicted octanol–water partition coefficient (Wildman–Crippen LogP) is 5.97. The smallest absolute Gasteiger partial charge is 0.261 e. The van der Waals surface area contributed by atoms with E-state index in [4.69, 9.17) is 9.82 Å². The molecule has 1 aliphatic heterocycles.